The molecule has 0 fully saturated rings. The number of carbonyl (C=O) groups is 1. The van der Waals surface area contributed by atoms with Gasteiger partial charge in [0, 0.05) is 16.7 Å². The summed E-state index contributed by atoms with van der Waals surface area (Å²) in [7, 11) is 0. The molecule has 136 valence electrons. The van der Waals surface area contributed by atoms with Gasteiger partial charge in [-0.15, -0.1) is 0 Å². The Morgan fingerprint density at radius 3 is 2.25 bits per heavy atom. The maximum Gasteiger partial charge on any atom is 0.150 e. The SMILES string of the molecule is CC1(C)c2ccccc2N(c2ccc3ccccc3c2)c2ccc(C=O)cc21. The molecule has 2 nitrogen and oxygen atoms in total. The van der Waals surface area contributed by atoms with E-state index in [1.165, 1.54) is 27.6 Å². The third kappa shape index (κ3) is 2.38. The summed E-state index contributed by atoms with van der Waals surface area (Å²) >= 11 is 0. The second-order valence-electron chi connectivity index (χ2n) is 7.90. The van der Waals surface area contributed by atoms with E-state index in [1.807, 2.05) is 12.1 Å². The van der Waals surface area contributed by atoms with Gasteiger partial charge in [0.25, 0.3) is 0 Å². The van der Waals surface area contributed by atoms with Crippen molar-refractivity contribution in [2.24, 2.45) is 0 Å². The summed E-state index contributed by atoms with van der Waals surface area (Å²) < 4.78 is 0. The monoisotopic (exact) mass is 363 g/mol. The van der Waals surface area contributed by atoms with Crippen LogP contribution in [0.2, 0.25) is 0 Å². The van der Waals surface area contributed by atoms with Gasteiger partial charge in [-0.1, -0.05) is 62.4 Å². The molecule has 28 heavy (non-hydrogen) atoms. The molecule has 0 aliphatic carbocycles. The highest BCUT2D eigenvalue weighted by molar-refractivity contribution is 5.92. The normalized spacial score (nSPS) is 14.4. The van der Waals surface area contributed by atoms with Crippen LogP contribution >= 0.6 is 0 Å². The number of para-hydroxylation sites is 1. The number of hydrogen-bond acceptors (Lipinski definition) is 2. The standard InChI is InChI=1S/C26H21NO/c1-26(2)22-9-5-6-10-24(22)27(25-14-11-18(17-28)15-23(25)26)21-13-12-19-7-3-4-8-20(19)16-21/h3-17H,1-2H3. The quantitative estimate of drug-likeness (QED) is 0.367. The minimum atomic E-state index is -0.182. The maximum atomic E-state index is 11.4. The Labute approximate surface area is 165 Å². The van der Waals surface area contributed by atoms with Crippen LogP contribution in [-0.2, 0) is 5.41 Å². The molecule has 1 aliphatic rings. The minimum Gasteiger partial charge on any atom is -0.310 e. The van der Waals surface area contributed by atoms with E-state index < -0.39 is 0 Å². The topological polar surface area (TPSA) is 20.3 Å². The highest BCUT2D eigenvalue weighted by atomic mass is 16.1. The van der Waals surface area contributed by atoms with E-state index in [0.717, 1.165) is 17.7 Å². The van der Waals surface area contributed by atoms with Crippen molar-refractivity contribution in [1.82, 2.24) is 0 Å². The first-order chi connectivity index (χ1) is 13.6. The molecule has 0 aromatic heterocycles. The summed E-state index contributed by atoms with van der Waals surface area (Å²) in [5.41, 5.74) is 6.41. The van der Waals surface area contributed by atoms with E-state index in [4.69, 9.17) is 0 Å². The van der Waals surface area contributed by atoms with Crippen LogP contribution in [0.3, 0.4) is 0 Å². The van der Waals surface area contributed by atoms with E-state index in [9.17, 15) is 4.79 Å². The molecular formula is C26H21NO. The molecule has 0 atom stereocenters. The number of aldehydes is 1. The molecule has 4 aromatic rings. The van der Waals surface area contributed by atoms with Crippen molar-refractivity contribution in [2.45, 2.75) is 19.3 Å². The Morgan fingerprint density at radius 1 is 0.714 bits per heavy atom. The fraction of sp³-hybridized carbons (Fsp3) is 0.115. The van der Waals surface area contributed by atoms with Crippen molar-refractivity contribution in [2.75, 3.05) is 4.90 Å². The first kappa shape index (κ1) is 16.8. The first-order valence-corrected chi connectivity index (χ1v) is 9.58. The molecule has 5 rings (SSSR count). The third-order valence-electron chi connectivity index (χ3n) is 5.88. The average molecular weight is 363 g/mol. The number of nitrogens with zero attached hydrogens (tertiary/aromatic N) is 1. The van der Waals surface area contributed by atoms with Gasteiger partial charge in [-0.2, -0.15) is 0 Å². The fourth-order valence-electron chi connectivity index (χ4n) is 4.39. The molecule has 4 aromatic carbocycles. The van der Waals surface area contributed by atoms with Crippen molar-refractivity contribution in [3.8, 4) is 0 Å². The van der Waals surface area contributed by atoms with E-state index in [-0.39, 0.29) is 5.41 Å². The van der Waals surface area contributed by atoms with Gasteiger partial charge < -0.3 is 4.90 Å². The molecule has 0 saturated carbocycles. The largest absolute Gasteiger partial charge is 0.310 e. The van der Waals surface area contributed by atoms with E-state index in [1.54, 1.807) is 0 Å². The summed E-state index contributed by atoms with van der Waals surface area (Å²) in [6.45, 7) is 4.47. The van der Waals surface area contributed by atoms with Gasteiger partial charge in [-0.3, -0.25) is 4.79 Å². The second kappa shape index (κ2) is 6.07. The predicted octanol–water partition coefficient (Wildman–Crippen LogP) is 6.76. The number of hydrogen-bond donors (Lipinski definition) is 0. The van der Waals surface area contributed by atoms with Gasteiger partial charge in [0.1, 0.15) is 6.29 Å². The summed E-state index contributed by atoms with van der Waals surface area (Å²) in [4.78, 5) is 13.7. The third-order valence-corrected chi connectivity index (χ3v) is 5.88. The first-order valence-electron chi connectivity index (χ1n) is 9.58. The van der Waals surface area contributed by atoms with E-state index >= 15 is 0 Å². The Hall–Kier alpha value is -3.39. The zero-order valence-corrected chi connectivity index (χ0v) is 16.0. The van der Waals surface area contributed by atoms with Crippen LogP contribution in [0.15, 0.2) is 84.9 Å². The Morgan fingerprint density at radius 2 is 1.43 bits per heavy atom. The average Bonchev–Trinajstić information content (AvgIpc) is 2.74. The lowest BCUT2D eigenvalue weighted by Gasteiger charge is -2.42. The van der Waals surface area contributed by atoms with E-state index in [2.05, 4.69) is 91.5 Å². The number of rotatable bonds is 2. The highest BCUT2D eigenvalue weighted by Crippen LogP contribution is 2.52. The predicted molar refractivity (Wildman–Crippen MR) is 116 cm³/mol. The van der Waals surface area contributed by atoms with Crippen LogP contribution in [0.5, 0.6) is 0 Å². The Kier molecular flexibility index (Phi) is 3.63. The molecule has 1 heterocycles. The minimum absolute atomic E-state index is 0.182. The zero-order chi connectivity index (χ0) is 19.3. The zero-order valence-electron chi connectivity index (χ0n) is 16.0. The fourth-order valence-corrected chi connectivity index (χ4v) is 4.39. The second-order valence-corrected chi connectivity index (χ2v) is 7.90. The summed E-state index contributed by atoms with van der Waals surface area (Å²) in [5, 5.41) is 2.45. The van der Waals surface area contributed by atoms with Crippen LogP contribution in [0, 0.1) is 0 Å². The smallest absolute Gasteiger partial charge is 0.150 e. The lowest BCUT2D eigenvalue weighted by molar-refractivity contribution is 0.112. The molecule has 0 radical (unpaired) electrons. The molecule has 0 amide bonds. The summed E-state index contributed by atoms with van der Waals surface area (Å²) in [6, 6.07) is 29.6. The van der Waals surface area contributed by atoms with Gasteiger partial charge >= 0.3 is 0 Å². The maximum absolute atomic E-state index is 11.4. The van der Waals surface area contributed by atoms with Crippen LogP contribution in [-0.4, -0.2) is 6.29 Å². The van der Waals surface area contributed by atoms with Gasteiger partial charge in [0.15, 0.2) is 0 Å². The molecule has 2 heteroatoms. The van der Waals surface area contributed by atoms with Crippen LogP contribution in [0.4, 0.5) is 17.1 Å². The molecule has 0 unspecified atom stereocenters. The molecular weight excluding hydrogens is 342 g/mol. The van der Waals surface area contributed by atoms with Crippen molar-refractivity contribution in [1.29, 1.82) is 0 Å². The molecule has 0 spiro atoms. The van der Waals surface area contributed by atoms with Crippen LogP contribution in [0.25, 0.3) is 10.8 Å². The van der Waals surface area contributed by atoms with Crippen LogP contribution < -0.4 is 4.90 Å². The van der Waals surface area contributed by atoms with Gasteiger partial charge in [0.2, 0.25) is 0 Å². The van der Waals surface area contributed by atoms with Crippen molar-refractivity contribution in [3.63, 3.8) is 0 Å². The molecule has 0 bridgehead atoms. The van der Waals surface area contributed by atoms with Gasteiger partial charge in [-0.25, -0.2) is 0 Å². The van der Waals surface area contributed by atoms with E-state index in [0.29, 0.717) is 5.56 Å². The molecule has 0 saturated heterocycles. The molecule has 1 aliphatic heterocycles. The van der Waals surface area contributed by atoms with Gasteiger partial charge in [-0.05, 0) is 58.3 Å². The number of carbonyl (C=O) groups excluding carboxylic acids is 1. The molecule has 0 N–H and O–H groups in total. The summed E-state index contributed by atoms with van der Waals surface area (Å²) in [6.07, 6.45) is 0.928. The van der Waals surface area contributed by atoms with Crippen LogP contribution in [0.1, 0.15) is 35.3 Å². The van der Waals surface area contributed by atoms with Crippen molar-refractivity contribution in [3.05, 3.63) is 102 Å². The number of anilines is 3. The van der Waals surface area contributed by atoms with Crippen molar-refractivity contribution >= 4 is 34.1 Å². The lowest BCUT2D eigenvalue weighted by Crippen LogP contribution is -2.30. The van der Waals surface area contributed by atoms with Crippen molar-refractivity contribution < 1.29 is 4.79 Å². The summed E-state index contributed by atoms with van der Waals surface area (Å²) in [5.74, 6) is 0. The lowest BCUT2D eigenvalue weighted by atomic mass is 9.73. The Bertz CT molecular complexity index is 1220. The highest BCUT2D eigenvalue weighted by Gasteiger charge is 2.36. The Balaban J connectivity index is 1.81. The van der Waals surface area contributed by atoms with Gasteiger partial charge in [0.05, 0.1) is 11.4 Å². The number of fused-ring (bicyclic) bond motifs is 3. The number of benzene rings is 4.